The number of imidazole rings is 1. The molecule has 0 aliphatic carbocycles. The summed E-state index contributed by atoms with van der Waals surface area (Å²) in [4.78, 5) is 27.7. The topological polar surface area (TPSA) is 64.6 Å². The standard InChI is InChI=1S/C11H15N5O/c1-6-12-7-8(13-6)16-5-11(2,3)14-10(16)15(4)9(7)17/h5H2,1-4H3,(H,12,13). The molecule has 3 heterocycles. The lowest BCUT2D eigenvalue weighted by molar-refractivity contribution is 0.0860. The number of carbonyl (C=O) groups excluding carboxylic acids is 1. The Labute approximate surface area is 99.3 Å². The molecule has 6 nitrogen and oxygen atoms in total. The zero-order valence-corrected chi connectivity index (χ0v) is 10.4. The number of hydrogen-bond donors (Lipinski definition) is 1. The zero-order chi connectivity index (χ0) is 12.4. The normalized spacial score (nSPS) is 21.4. The summed E-state index contributed by atoms with van der Waals surface area (Å²) in [5, 5.41) is 0. The van der Waals surface area contributed by atoms with Crippen LogP contribution in [0.15, 0.2) is 4.99 Å². The smallest absolute Gasteiger partial charge is 0.280 e. The molecule has 1 amide bonds. The second-order valence-corrected chi connectivity index (χ2v) is 5.20. The van der Waals surface area contributed by atoms with E-state index in [0.29, 0.717) is 17.5 Å². The highest BCUT2D eigenvalue weighted by Crippen LogP contribution is 2.32. The Kier molecular flexibility index (Phi) is 1.75. The van der Waals surface area contributed by atoms with Crippen LogP contribution < -0.4 is 4.90 Å². The number of H-pyrrole nitrogens is 1. The SMILES string of the molecule is Cc1nc2c([nH]1)C(=O)N(C)C1=NC(C)(C)CN12. The largest absolute Gasteiger partial charge is 0.336 e. The number of anilines is 1. The van der Waals surface area contributed by atoms with E-state index in [9.17, 15) is 4.79 Å². The van der Waals surface area contributed by atoms with Gasteiger partial charge in [0.05, 0.1) is 12.1 Å². The van der Waals surface area contributed by atoms with Gasteiger partial charge in [-0.3, -0.25) is 14.6 Å². The van der Waals surface area contributed by atoms with Crippen LogP contribution in [0.25, 0.3) is 0 Å². The van der Waals surface area contributed by atoms with Gasteiger partial charge in [0.15, 0.2) is 5.82 Å². The quantitative estimate of drug-likeness (QED) is 0.719. The number of aromatic amines is 1. The number of aromatic nitrogens is 2. The van der Waals surface area contributed by atoms with Crippen molar-refractivity contribution in [2.24, 2.45) is 4.99 Å². The van der Waals surface area contributed by atoms with Crippen molar-refractivity contribution in [1.29, 1.82) is 0 Å². The Hall–Kier alpha value is -1.85. The van der Waals surface area contributed by atoms with Gasteiger partial charge in [-0.05, 0) is 20.8 Å². The maximum atomic E-state index is 12.1. The summed E-state index contributed by atoms with van der Waals surface area (Å²) < 4.78 is 0. The fraction of sp³-hybridized carbons (Fsp3) is 0.545. The lowest BCUT2D eigenvalue weighted by Crippen LogP contribution is -2.48. The van der Waals surface area contributed by atoms with Gasteiger partial charge in [-0.25, -0.2) is 9.98 Å². The summed E-state index contributed by atoms with van der Waals surface area (Å²) in [6.45, 7) is 6.70. The third-order valence-corrected chi connectivity index (χ3v) is 3.07. The van der Waals surface area contributed by atoms with Crippen molar-refractivity contribution < 1.29 is 4.79 Å². The van der Waals surface area contributed by atoms with E-state index in [2.05, 4.69) is 28.8 Å². The van der Waals surface area contributed by atoms with Crippen molar-refractivity contribution in [2.45, 2.75) is 26.3 Å². The Morgan fingerprint density at radius 3 is 2.82 bits per heavy atom. The molecule has 0 spiro atoms. The molecule has 90 valence electrons. The third-order valence-electron chi connectivity index (χ3n) is 3.07. The lowest BCUT2D eigenvalue weighted by Gasteiger charge is -2.30. The van der Waals surface area contributed by atoms with Crippen LogP contribution in [0.3, 0.4) is 0 Å². The van der Waals surface area contributed by atoms with E-state index in [1.54, 1.807) is 11.9 Å². The second-order valence-electron chi connectivity index (χ2n) is 5.20. The number of carbonyl (C=O) groups is 1. The molecule has 0 saturated heterocycles. The van der Waals surface area contributed by atoms with Crippen molar-refractivity contribution >= 4 is 17.7 Å². The van der Waals surface area contributed by atoms with Gasteiger partial charge in [0.2, 0.25) is 5.96 Å². The lowest BCUT2D eigenvalue weighted by atomic mass is 10.1. The molecule has 0 bridgehead atoms. The van der Waals surface area contributed by atoms with Gasteiger partial charge < -0.3 is 4.98 Å². The average Bonchev–Trinajstić information content (AvgIpc) is 2.75. The molecule has 0 radical (unpaired) electrons. The first-order valence-electron chi connectivity index (χ1n) is 5.61. The highest BCUT2D eigenvalue weighted by molar-refractivity contribution is 6.17. The van der Waals surface area contributed by atoms with Crippen molar-refractivity contribution in [3.8, 4) is 0 Å². The first-order valence-corrected chi connectivity index (χ1v) is 5.61. The molecule has 3 rings (SSSR count). The summed E-state index contributed by atoms with van der Waals surface area (Å²) in [5.41, 5.74) is 0.375. The number of aryl methyl sites for hydroxylation is 1. The predicted molar refractivity (Wildman–Crippen MR) is 64.3 cm³/mol. The van der Waals surface area contributed by atoms with Gasteiger partial charge in [-0.15, -0.1) is 0 Å². The first kappa shape index (κ1) is 10.3. The van der Waals surface area contributed by atoms with Gasteiger partial charge in [-0.1, -0.05) is 0 Å². The molecule has 1 aromatic heterocycles. The summed E-state index contributed by atoms with van der Waals surface area (Å²) in [6.07, 6.45) is 0. The summed E-state index contributed by atoms with van der Waals surface area (Å²) >= 11 is 0. The number of aliphatic imine (C=N–C) groups is 1. The van der Waals surface area contributed by atoms with E-state index < -0.39 is 0 Å². The van der Waals surface area contributed by atoms with Crippen LogP contribution in [0.1, 0.15) is 30.2 Å². The van der Waals surface area contributed by atoms with E-state index in [4.69, 9.17) is 0 Å². The second kappa shape index (κ2) is 2.88. The number of rotatable bonds is 0. The van der Waals surface area contributed by atoms with Crippen LogP contribution >= 0.6 is 0 Å². The molecule has 17 heavy (non-hydrogen) atoms. The molecule has 2 aliphatic heterocycles. The van der Waals surface area contributed by atoms with Crippen LogP contribution in [-0.2, 0) is 0 Å². The molecule has 0 aromatic carbocycles. The minimum atomic E-state index is -0.182. The minimum Gasteiger partial charge on any atom is -0.336 e. The van der Waals surface area contributed by atoms with E-state index in [1.165, 1.54) is 0 Å². The molecule has 0 atom stereocenters. The van der Waals surface area contributed by atoms with Gasteiger partial charge in [0, 0.05) is 7.05 Å². The van der Waals surface area contributed by atoms with Gasteiger partial charge in [-0.2, -0.15) is 0 Å². The van der Waals surface area contributed by atoms with Crippen molar-refractivity contribution in [3.63, 3.8) is 0 Å². The average molecular weight is 233 g/mol. The van der Waals surface area contributed by atoms with Crippen LogP contribution in [0.5, 0.6) is 0 Å². The molecule has 2 aliphatic rings. The van der Waals surface area contributed by atoms with Gasteiger partial charge in [0.1, 0.15) is 11.5 Å². The molecular weight excluding hydrogens is 218 g/mol. The van der Waals surface area contributed by atoms with Crippen molar-refractivity contribution in [3.05, 3.63) is 11.5 Å². The summed E-state index contributed by atoms with van der Waals surface area (Å²) in [6, 6.07) is 0. The number of hydrogen-bond acceptors (Lipinski definition) is 4. The molecule has 6 heteroatoms. The Morgan fingerprint density at radius 1 is 1.41 bits per heavy atom. The van der Waals surface area contributed by atoms with E-state index in [1.807, 2.05) is 11.8 Å². The Morgan fingerprint density at radius 2 is 2.12 bits per heavy atom. The van der Waals surface area contributed by atoms with E-state index >= 15 is 0 Å². The van der Waals surface area contributed by atoms with E-state index in [0.717, 1.165) is 12.4 Å². The number of guanidine groups is 1. The highest BCUT2D eigenvalue weighted by Gasteiger charge is 2.43. The molecule has 0 fully saturated rings. The number of fused-ring (bicyclic) bond motifs is 3. The molecular formula is C11H15N5O. The minimum absolute atomic E-state index is 0.0756. The first-order chi connectivity index (χ1) is 7.89. The fourth-order valence-corrected chi connectivity index (χ4v) is 2.33. The predicted octanol–water partition coefficient (Wildman–Crippen LogP) is 0.758. The monoisotopic (exact) mass is 233 g/mol. The maximum absolute atomic E-state index is 12.1. The highest BCUT2D eigenvalue weighted by atomic mass is 16.2. The van der Waals surface area contributed by atoms with Gasteiger partial charge >= 0.3 is 0 Å². The third kappa shape index (κ3) is 1.30. The number of amides is 1. The maximum Gasteiger partial charge on any atom is 0.280 e. The molecule has 0 unspecified atom stereocenters. The number of nitrogens with one attached hydrogen (secondary N) is 1. The van der Waals surface area contributed by atoms with Crippen LogP contribution in [-0.4, -0.2) is 45.9 Å². The zero-order valence-electron chi connectivity index (χ0n) is 10.4. The molecule has 1 N–H and O–H groups in total. The Balaban J connectivity index is 2.19. The van der Waals surface area contributed by atoms with Crippen molar-refractivity contribution in [1.82, 2.24) is 14.9 Å². The summed E-state index contributed by atoms with van der Waals surface area (Å²) in [5.74, 6) is 2.07. The van der Waals surface area contributed by atoms with Crippen molar-refractivity contribution in [2.75, 3.05) is 18.5 Å². The summed E-state index contributed by atoms with van der Waals surface area (Å²) in [7, 11) is 1.74. The van der Waals surface area contributed by atoms with Crippen LogP contribution in [0.2, 0.25) is 0 Å². The van der Waals surface area contributed by atoms with Crippen LogP contribution in [0, 0.1) is 6.92 Å². The number of nitrogens with zero attached hydrogens (tertiary/aromatic N) is 4. The van der Waals surface area contributed by atoms with E-state index in [-0.39, 0.29) is 11.4 Å². The van der Waals surface area contributed by atoms with Crippen LogP contribution in [0.4, 0.5) is 5.82 Å². The fourth-order valence-electron chi connectivity index (χ4n) is 2.33. The molecule has 1 aromatic rings. The Bertz CT molecular complexity index is 542. The van der Waals surface area contributed by atoms with Gasteiger partial charge in [0.25, 0.3) is 5.91 Å². The molecule has 0 saturated carbocycles.